The van der Waals surface area contributed by atoms with E-state index in [4.69, 9.17) is 4.42 Å². The van der Waals surface area contributed by atoms with Crippen molar-refractivity contribution in [1.82, 2.24) is 15.6 Å². The minimum atomic E-state index is -0.458. The second kappa shape index (κ2) is 8.33. The molecule has 6 rings (SSSR count). The summed E-state index contributed by atoms with van der Waals surface area (Å²) in [5.41, 5.74) is 5.89. The SMILES string of the molecule is O=C(NC1CCNC1=O)c1cccc2c1CCN2c1cc(Cc2ccc3occc3c2)ccn1. The molecule has 4 heterocycles. The molecule has 2 N–H and O–H groups in total. The first kappa shape index (κ1) is 20.5. The number of benzene rings is 2. The highest BCUT2D eigenvalue weighted by Crippen LogP contribution is 2.36. The number of pyridine rings is 1. The van der Waals surface area contributed by atoms with Gasteiger partial charge in [0.25, 0.3) is 5.91 Å². The maximum Gasteiger partial charge on any atom is 0.252 e. The molecule has 1 atom stereocenters. The van der Waals surface area contributed by atoms with Gasteiger partial charge in [-0.3, -0.25) is 9.59 Å². The number of carbonyl (C=O) groups is 2. The third-order valence-electron chi connectivity index (χ3n) is 6.64. The van der Waals surface area contributed by atoms with E-state index in [-0.39, 0.29) is 11.8 Å². The summed E-state index contributed by atoms with van der Waals surface area (Å²) >= 11 is 0. The lowest BCUT2D eigenvalue weighted by Gasteiger charge is -2.20. The quantitative estimate of drug-likeness (QED) is 0.482. The molecule has 0 spiro atoms. The Labute approximate surface area is 196 Å². The van der Waals surface area contributed by atoms with Crippen molar-refractivity contribution in [2.75, 3.05) is 18.0 Å². The van der Waals surface area contributed by atoms with Gasteiger partial charge in [0, 0.05) is 35.9 Å². The smallest absolute Gasteiger partial charge is 0.252 e. The summed E-state index contributed by atoms with van der Waals surface area (Å²) in [4.78, 5) is 31.6. The third kappa shape index (κ3) is 3.69. The summed E-state index contributed by atoms with van der Waals surface area (Å²) in [5, 5.41) is 6.75. The van der Waals surface area contributed by atoms with Gasteiger partial charge in [-0.05, 0) is 78.4 Å². The Morgan fingerprint density at radius 3 is 2.94 bits per heavy atom. The van der Waals surface area contributed by atoms with Gasteiger partial charge in [-0.15, -0.1) is 0 Å². The zero-order chi connectivity index (χ0) is 23.1. The van der Waals surface area contributed by atoms with E-state index in [2.05, 4.69) is 38.7 Å². The average Bonchev–Trinajstić information content (AvgIpc) is 3.59. The van der Waals surface area contributed by atoms with Crippen molar-refractivity contribution in [3.8, 4) is 0 Å². The third-order valence-corrected chi connectivity index (χ3v) is 6.64. The van der Waals surface area contributed by atoms with Crippen molar-refractivity contribution in [3.05, 3.63) is 89.3 Å². The number of aromatic nitrogens is 1. The molecule has 2 aliphatic heterocycles. The van der Waals surface area contributed by atoms with Crippen LogP contribution in [-0.2, 0) is 17.6 Å². The van der Waals surface area contributed by atoms with E-state index < -0.39 is 6.04 Å². The van der Waals surface area contributed by atoms with Crippen LogP contribution in [0.1, 0.15) is 33.5 Å². The molecule has 0 bridgehead atoms. The van der Waals surface area contributed by atoms with Crippen molar-refractivity contribution in [2.24, 2.45) is 0 Å². The lowest BCUT2D eigenvalue weighted by atomic mass is 10.0. The fourth-order valence-corrected chi connectivity index (χ4v) is 4.93. The molecule has 2 amide bonds. The van der Waals surface area contributed by atoms with Crippen LogP contribution in [0.3, 0.4) is 0 Å². The number of amides is 2. The molecule has 7 heteroatoms. The van der Waals surface area contributed by atoms with Gasteiger partial charge in [0.1, 0.15) is 17.4 Å². The Morgan fingerprint density at radius 1 is 1.15 bits per heavy atom. The van der Waals surface area contributed by atoms with E-state index in [1.165, 1.54) is 11.1 Å². The van der Waals surface area contributed by atoms with Crippen molar-refractivity contribution < 1.29 is 14.0 Å². The number of fused-ring (bicyclic) bond motifs is 2. The predicted molar refractivity (Wildman–Crippen MR) is 129 cm³/mol. The van der Waals surface area contributed by atoms with Crippen LogP contribution >= 0.6 is 0 Å². The molecule has 1 fully saturated rings. The molecule has 0 radical (unpaired) electrons. The number of furan rings is 1. The van der Waals surface area contributed by atoms with Gasteiger partial charge in [0.15, 0.2) is 0 Å². The Bertz CT molecular complexity index is 1410. The van der Waals surface area contributed by atoms with Gasteiger partial charge in [-0.1, -0.05) is 12.1 Å². The molecular formula is C27H24N4O3. The van der Waals surface area contributed by atoms with Gasteiger partial charge >= 0.3 is 0 Å². The molecule has 170 valence electrons. The second-order valence-corrected chi connectivity index (χ2v) is 8.80. The van der Waals surface area contributed by atoms with Gasteiger partial charge < -0.3 is 20.0 Å². The fourth-order valence-electron chi connectivity index (χ4n) is 4.93. The van der Waals surface area contributed by atoms with Gasteiger partial charge in [0.05, 0.1) is 6.26 Å². The monoisotopic (exact) mass is 452 g/mol. The zero-order valence-corrected chi connectivity index (χ0v) is 18.6. The van der Waals surface area contributed by atoms with Gasteiger partial charge in [-0.2, -0.15) is 0 Å². The van der Waals surface area contributed by atoms with Crippen LogP contribution in [-0.4, -0.2) is 35.9 Å². The Balaban J connectivity index is 1.24. The number of carbonyl (C=O) groups excluding carboxylic acids is 2. The standard InChI is InChI=1S/C27H24N4O3/c32-26(30-22-7-11-29-27(22)33)21-2-1-3-23-20(21)8-12-31(23)25-16-18(6-10-28-25)14-17-4-5-24-19(15-17)9-13-34-24/h1-6,9-10,13,15-16,22H,7-8,11-12,14H2,(H,29,33)(H,30,32). The fraction of sp³-hybridized carbons (Fsp3) is 0.222. The van der Waals surface area contributed by atoms with Crippen molar-refractivity contribution in [3.63, 3.8) is 0 Å². The molecule has 4 aromatic rings. The van der Waals surface area contributed by atoms with Crippen LogP contribution in [0.5, 0.6) is 0 Å². The number of nitrogens with zero attached hydrogens (tertiary/aromatic N) is 2. The molecule has 1 unspecified atom stereocenters. The largest absolute Gasteiger partial charge is 0.464 e. The first-order valence-electron chi connectivity index (χ1n) is 11.5. The highest BCUT2D eigenvalue weighted by atomic mass is 16.3. The van der Waals surface area contributed by atoms with E-state index in [0.29, 0.717) is 18.5 Å². The molecular weight excluding hydrogens is 428 g/mol. The summed E-state index contributed by atoms with van der Waals surface area (Å²) in [5.74, 6) is 0.556. The lowest BCUT2D eigenvalue weighted by molar-refractivity contribution is -0.120. The molecule has 34 heavy (non-hydrogen) atoms. The van der Waals surface area contributed by atoms with Crippen LogP contribution in [0.4, 0.5) is 11.5 Å². The van der Waals surface area contributed by atoms with Gasteiger partial charge in [-0.25, -0.2) is 4.98 Å². The Hall–Kier alpha value is -4.13. The minimum Gasteiger partial charge on any atom is -0.464 e. The van der Waals surface area contributed by atoms with Crippen molar-refractivity contribution >= 4 is 34.3 Å². The Morgan fingerprint density at radius 2 is 2.06 bits per heavy atom. The van der Waals surface area contributed by atoms with E-state index in [0.717, 1.165) is 47.4 Å². The predicted octanol–water partition coefficient (Wildman–Crippen LogP) is 3.73. The highest BCUT2D eigenvalue weighted by molar-refractivity contribution is 6.00. The van der Waals surface area contributed by atoms with Crippen LogP contribution in [0.25, 0.3) is 11.0 Å². The van der Waals surface area contributed by atoms with Crippen molar-refractivity contribution in [1.29, 1.82) is 0 Å². The maximum atomic E-state index is 12.9. The van der Waals surface area contributed by atoms with E-state index in [9.17, 15) is 9.59 Å². The van der Waals surface area contributed by atoms with Crippen LogP contribution in [0.15, 0.2) is 71.5 Å². The number of rotatable bonds is 5. The van der Waals surface area contributed by atoms with E-state index in [1.54, 1.807) is 6.26 Å². The summed E-state index contributed by atoms with van der Waals surface area (Å²) in [7, 11) is 0. The number of hydrogen-bond acceptors (Lipinski definition) is 5. The highest BCUT2D eigenvalue weighted by Gasteiger charge is 2.29. The van der Waals surface area contributed by atoms with E-state index in [1.807, 2.05) is 42.6 Å². The zero-order valence-electron chi connectivity index (χ0n) is 18.6. The first-order valence-corrected chi connectivity index (χ1v) is 11.5. The molecule has 0 saturated carbocycles. The molecule has 7 nitrogen and oxygen atoms in total. The average molecular weight is 453 g/mol. The number of hydrogen-bond donors (Lipinski definition) is 2. The molecule has 1 saturated heterocycles. The van der Waals surface area contributed by atoms with Crippen molar-refractivity contribution in [2.45, 2.75) is 25.3 Å². The molecule has 2 aliphatic rings. The second-order valence-electron chi connectivity index (χ2n) is 8.80. The molecule has 2 aromatic carbocycles. The van der Waals surface area contributed by atoms with Gasteiger partial charge in [0.2, 0.25) is 5.91 Å². The minimum absolute atomic E-state index is 0.115. The molecule has 0 aliphatic carbocycles. The maximum absolute atomic E-state index is 12.9. The summed E-state index contributed by atoms with van der Waals surface area (Å²) in [6.07, 6.45) is 5.72. The summed E-state index contributed by atoms with van der Waals surface area (Å²) in [6.45, 7) is 1.35. The lowest BCUT2D eigenvalue weighted by Crippen LogP contribution is -2.40. The van der Waals surface area contributed by atoms with E-state index >= 15 is 0 Å². The Kier molecular flexibility index (Phi) is 5.02. The van der Waals surface area contributed by atoms with Crippen LogP contribution in [0.2, 0.25) is 0 Å². The topological polar surface area (TPSA) is 87.5 Å². The number of anilines is 2. The summed E-state index contributed by atoms with van der Waals surface area (Å²) in [6, 6.07) is 17.7. The van der Waals surface area contributed by atoms with Crippen LogP contribution < -0.4 is 15.5 Å². The van der Waals surface area contributed by atoms with Crippen LogP contribution in [0, 0.1) is 0 Å². The molecule has 2 aromatic heterocycles. The number of nitrogens with one attached hydrogen (secondary N) is 2. The normalized spacial score (nSPS) is 17.1. The summed E-state index contributed by atoms with van der Waals surface area (Å²) < 4.78 is 5.45. The first-order chi connectivity index (χ1) is 16.7.